The molecule has 1 rings (SSSR count). The van der Waals surface area contributed by atoms with Gasteiger partial charge in [-0.15, -0.1) is 0 Å². The van der Waals surface area contributed by atoms with Crippen molar-refractivity contribution >= 4 is 27.4 Å². The van der Waals surface area contributed by atoms with Gasteiger partial charge in [0.2, 0.25) is 5.71 Å². The minimum absolute atomic E-state index is 0.0889. The van der Waals surface area contributed by atoms with E-state index >= 15 is 0 Å². The molecule has 0 heterocycles. The predicted molar refractivity (Wildman–Crippen MR) is 62.1 cm³/mol. The van der Waals surface area contributed by atoms with Crippen LogP contribution in [0.5, 0.6) is 0 Å². The molecule has 0 unspecified atom stereocenters. The molecule has 9 heteroatoms. The van der Waals surface area contributed by atoms with E-state index in [1.54, 1.807) is 0 Å². The number of nitrogens with two attached hydrogens (primary N) is 1. The van der Waals surface area contributed by atoms with Crippen LogP contribution in [0.2, 0.25) is 0 Å². The molecule has 0 saturated carbocycles. The quantitative estimate of drug-likeness (QED) is 0.388. The minimum Gasteiger partial charge on any atom is -0.364 e. The summed E-state index contributed by atoms with van der Waals surface area (Å²) in [6, 6.07) is 6.71. The molecule has 0 aliphatic rings. The number of amides is 1. The van der Waals surface area contributed by atoms with Crippen LogP contribution >= 0.6 is 0 Å². The summed E-state index contributed by atoms with van der Waals surface area (Å²) in [7, 11) is -4.44. The van der Waals surface area contributed by atoms with Crippen molar-refractivity contribution in [3.8, 4) is 6.07 Å². The number of carbonyl (C=O) groups excluding carboxylic acids is 1. The molecule has 1 amide bonds. The second-order valence-electron chi connectivity index (χ2n) is 3.02. The van der Waals surface area contributed by atoms with E-state index in [0.29, 0.717) is 0 Å². The van der Waals surface area contributed by atoms with E-state index in [4.69, 9.17) is 15.5 Å². The van der Waals surface area contributed by atoms with Crippen molar-refractivity contribution in [1.82, 2.24) is 0 Å². The van der Waals surface area contributed by atoms with Crippen molar-refractivity contribution in [3.63, 3.8) is 0 Å². The average molecular weight is 268 g/mol. The van der Waals surface area contributed by atoms with Crippen molar-refractivity contribution in [2.45, 2.75) is 4.90 Å². The van der Waals surface area contributed by atoms with Gasteiger partial charge in [-0.25, -0.2) is 0 Å². The standard InChI is InChI=1S/C9H8N4O4S/c10-5-7(9(11)14)13-12-6-3-1-2-4-8(6)18(15,16)17/h1-4,12H,(H2,11,14)(H,15,16,17)/b13-7-. The van der Waals surface area contributed by atoms with Crippen molar-refractivity contribution in [2.24, 2.45) is 10.8 Å². The molecule has 94 valence electrons. The Morgan fingerprint density at radius 2 is 2.06 bits per heavy atom. The van der Waals surface area contributed by atoms with Gasteiger partial charge in [-0.1, -0.05) is 12.1 Å². The number of nitriles is 1. The Morgan fingerprint density at radius 1 is 1.44 bits per heavy atom. The fourth-order valence-corrected chi connectivity index (χ4v) is 1.68. The molecular weight excluding hydrogens is 260 g/mol. The van der Waals surface area contributed by atoms with E-state index in [-0.39, 0.29) is 5.69 Å². The highest BCUT2D eigenvalue weighted by atomic mass is 32.2. The lowest BCUT2D eigenvalue weighted by Crippen LogP contribution is -2.22. The van der Waals surface area contributed by atoms with Gasteiger partial charge in [0, 0.05) is 0 Å². The van der Waals surface area contributed by atoms with Crippen LogP contribution in [0.1, 0.15) is 0 Å². The Hall–Kier alpha value is -2.44. The molecule has 0 atom stereocenters. The molecule has 0 fully saturated rings. The summed E-state index contributed by atoms with van der Waals surface area (Å²) >= 11 is 0. The number of carbonyl (C=O) groups is 1. The molecule has 18 heavy (non-hydrogen) atoms. The van der Waals surface area contributed by atoms with Gasteiger partial charge >= 0.3 is 0 Å². The molecule has 0 bridgehead atoms. The molecule has 0 aliphatic carbocycles. The van der Waals surface area contributed by atoms with Crippen LogP contribution < -0.4 is 11.2 Å². The molecule has 0 aliphatic heterocycles. The number of benzene rings is 1. The lowest BCUT2D eigenvalue weighted by molar-refractivity contribution is -0.111. The highest BCUT2D eigenvalue weighted by Crippen LogP contribution is 2.20. The number of hydrogen-bond donors (Lipinski definition) is 3. The zero-order chi connectivity index (χ0) is 13.8. The fraction of sp³-hybridized carbons (Fsp3) is 0. The molecule has 4 N–H and O–H groups in total. The maximum absolute atomic E-state index is 11.0. The number of hydrazone groups is 1. The summed E-state index contributed by atoms with van der Waals surface area (Å²) in [6.45, 7) is 0. The molecule has 0 spiro atoms. The Labute approximate surface area is 102 Å². The lowest BCUT2D eigenvalue weighted by atomic mass is 10.3. The monoisotopic (exact) mass is 268 g/mol. The maximum atomic E-state index is 11.0. The van der Waals surface area contributed by atoms with Gasteiger partial charge in [0.1, 0.15) is 11.0 Å². The third-order valence-electron chi connectivity index (χ3n) is 1.79. The van der Waals surface area contributed by atoms with Gasteiger partial charge in [-0.2, -0.15) is 18.8 Å². The smallest absolute Gasteiger partial charge is 0.296 e. The Bertz CT molecular complexity index is 645. The van der Waals surface area contributed by atoms with Crippen LogP contribution in [0.3, 0.4) is 0 Å². The van der Waals surface area contributed by atoms with Crippen LogP contribution in [-0.4, -0.2) is 24.6 Å². The zero-order valence-corrected chi connectivity index (χ0v) is 9.68. The molecule has 0 radical (unpaired) electrons. The summed E-state index contributed by atoms with van der Waals surface area (Å²) in [5.41, 5.74) is 6.30. The first-order valence-corrected chi connectivity index (χ1v) is 5.90. The van der Waals surface area contributed by atoms with Crippen LogP contribution in [0, 0.1) is 11.3 Å². The average Bonchev–Trinajstić information content (AvgIpc) is 2.28. The summed E-state index contributed by atoms with van der Waals surface area (Å²) in [4.78, 5) is 10.3. The van der Waals surface area contributed by atoms with Crippen LogP contribution in [0.4, 0.5) is 5.69 Å². The van der Waals surface area contributed by atoms with Crippen molar-refractivity contribution < 1.29 is 17.8 Å². The molecule has 1 aromatic rings. The molecule has 0 saturated heterocycles. The van der Waals surface area contributed by atoms with Crippen LogP contribution in [-0.2, 0) is 14.9 Å². The second-order valence-corrected chi connectivity index (χ2v) is 4.41. The Morgan fingerprint density at radius 3 is 2.56 bits per heavy atom. The first-order chi connectivity index (χ1) is 8.36. The normalized spacial score (nSPS) is 11.7. The highest BCUT2D eigenvalue weighted by Gasteiger charge is 2.14. The Kier molecular flexibility index (Phi) is 3.98. The summed E-state index contributed by atoms with van der Waals surface area (Å²) < 4.78 is 31.0. The third-order valence-corrected chi connectivity index (χ3v) is 2.70. The van der Waals surface area contributed by atoms with E-state index < -0.39 is 26.6 Å². The lowest BCUT2D eigenvalue weighted by Gasteiger charge is -2.05. The van der Waals surface area contributed by atoms with E-state index in [0.717, 1.165) is 6.07 Å². The second kappa shape index (κ2) is 5.26. The SMILES string of the molecule is N#C/C(=N/Nc1ccccc1S(=O)(=O)O)C(N)=O. The number of primary amides is 1. The number of anilines is 1. The summed E-state index contributed by atoms with van der Waals surface area (Å²) in [5, 5.41) is 11.9. The van der Waals surface area contributed by atoms with E-state index in [1.807, 2.05) is 0 Å². The number of nitrogens with zero attached hydrogens (tertiary/aromatic N) is 2. The number of para-hydroxylation sites is 1. The predicted octanol–water partition coefficient (Wildman–Crippen LogP) is -0.290. The first kappa shape index (κ1) is 13.6. The number of nitrogens with one attached hydrogen (secondary N) is 1. The maximum Gasteiger partial charge on any atom is 0.296 e. The van der Waals surface area contributed by atoms with E-state index in [1.165, 1.54) is 24.3 Å². The summed E-state index contributed by atoms with van der Waals surface area (Å²) in [5.74, 6) is -1.06. The van der Waals surface area contributed by atoms with Gasteiger partial charge in [0.05, 0.1) is 5.69 Å². The molecule has 1 aromatic carbocycles. The van der Waals surface area contributed by atoms with Gasteiger partial charge in [0.15, 0.2) is 0 Å². The Balaban J connectivity index is 3.15. The van der Waals surface area contributed by atoms with Crippen molar-refractivity contribution in [1.29, 1.82) is 5.26 Å². The van der Waals surface area contributed by atoms with Crippen LogP contribution in [0.25, 0.3) is 0 Å². The number of hydrogen-bond acceptors (Lipinski definition) is 6. The van der Waals surface area contributed by atoms with Gasteiger partial charge in [-0.05, 0) is 12.1 Å². The van der Waals surface area contributed by atoms with Crippen molar-refractivity contribution in [2.75, 3.05) is 5.43 Å². The minimum atomic E-state index is -4.44. The fourth-order valence-electron chi connectivity index (χ4n) is 1.04. The van der Waals surface area contributed by atoms with E-state index in [9.17, 15) is 13.2 Å². The largest absolute Gasteiger partial charge is 0.364 e. The van der Waals surface area contributed by atoms with E-state index in [2.05, 4.69) is 10.5 Å². The summed E-state index contributed by atoms with van der Waals surface area (Å²) in [6.07, 6.45) is 0. The molecule has 0 aromatic heterocycles. The topological polar surface area (TPSA) is 146 Å². The number of rotatable bonds is 4. The third kappa shape index (κ3) is 3.27. The van der Waals surface area contributed by atoms with Gasteiger partial charge in [0.25, 0.3) is 16.0 Å². The molecule has 8 nitrogen and oxygen atoms in total. The van der Waals surface area contributed by atoms with Gasteiger partial charge in [-0.3, -0.25) is 14.8 Å². The molecular formula is C9H8N4O4S. The zero-order valence-electron chi connectivity index (χ0n) is 8.86. The highest BCUT2D eigenvalue weighted by molar-refractivity contribution is 7.86. The van der Waals surface area contributed by atoms with Crippen molar-refractivity contribution in [3.05, 3.63) is 24.3 Å². The first-order valence-electron chi connectivity index (χ1n) is 4.46. The van der Waals surface area contributed by atoms with Crippen LogP contribution in [0.15, 0.2) is 34.3 Å². The van der Waals surface area contributed by atoms with Gasteiger partial charge < -0.3 is 5.73 Å².